The van der Waals surface area contributed by atoms with E-state index in [9.17, 15) is 9.59 Å². The van der Waals surface area contributed by atoms with E-state index in [1.165, 1.54) is 7.11 Å². The average molecular weight is 406 g/mol. The Morgan fingerprint density at radius 3 is 2.41 bits per heavy atom. The van der Waals surface area contributed by atoms with Crippen LogP contribution in [0, 0.1) is 12.8 Å². The number of carbonyl (C=O) groups excluding carboxylic acids is 2. The van der Waals surface area contributed by atoms with Gasteiger partial charge in [0.05, 0.1) is 18.8 Å². The van der Waals surface area contributed by atoms with Crippen LogP contribution < -0.4 is 4.74 Å². The summed E-state index contributed by atoms with van der Waals surface area (Å²) < 4.78 is 16.3. The van der Waals surface area contributed by atoms with Gasteiger partial charge in [-0.05, 0) is 90.0 Å². The highest BCUT2D eigenvalue weighted by molar-refractivity contribution is 5.91. The lowest BCUT2D eigenvalue weighted by atomic mass is 9.91. The van der Waals surface area contributed by atoms with Crippen LogP contribution in [0.1, 0.15) is 69.3 Å². The van der Waals surface area contributed by atoms with Crippen LogP contribution in [0.15, 0.2) is 18.2 Å². The van der Waals surface area contributed by atoms with Crippen LogP contribution in [-0.4, -0.2) is 48.9 Å². The standard InChI is InChI=1S/C23H35NO5/c1-16-15-19(9-10-20(16)21(25)27-6)28-17(2)7-8-18-11-13-24(14-12-18)22(26)29-23(3,4)5/h9-10,15,17-18H,7-8,11-14H2,1-6H3/t17-/m1/s1. The minimum atomic E-state index is -0.450. The number of benzene rings is 1. The molecule has 2 rings (SSSR count). The molecule has 1 aliphatic heterocycles. The lowest BCUT2D eigenvalue weighted by molar-refractivity contribution is 0.0176. The Morgan fingerprint density at radius 1 is 1.21 bits per heavy atom. The molecule has 6 nitrogen and oxygen atoms in total. The van der Waals surface area contributed by atoms with Gasteiger partial charge in [0.25, 0.3) is 0 Å². The number of hydrogen-bond donors (Lipinski definition) is 0. The molecule has 1 aliphatic rings. The van der Waals surface area contributed by atoms with Crippen LogP contribution in [0.2, 0.25) is 0 Å². The lowest BCUT2D eigenvalue weighted by Gasteiger charge is -2.33. The largest absolute Gasteiger partial charge is 0.491 e. The van der Waals surface area contributed by atoms with Crippen molar-refractivity contribution < 1.29 is 23.8 Å². The third-order valence-electron chi connectivity index (χ3n) is 5.19. The van der Waals surface area contributed by atoms with E-state index >= 15 is 0 Å². The number of hydrogen-bond acceptors (Lipinski definition) is 5. The molecule has 1 amide bonds. The predicted molar refractivity (Wildman–Crippen MR) is 112 cm³/mol. The Labute approximate surface area is 174 Å². The molecule has 0 saturated carbocycles. The molecular weight excluding hydrogens is 370 g/mol. The van der Waals surface area contributed by atoms with E-state index in [4.69, 9.17) is 14.2 Å². The number of methoxy groups -OCH3 is 1. The first kappa shape index (κ1) is 23.0. The molecule has 0 spiro atoms. The van der Waals surface area contributed by atoms with Gasteiger partial charge in [0.2, 0.25) is 0 Å². The molecule has 0 unspecified atom stereocenters. The number of likely N-dealkylation sites (tertiary alicyclic amines) is 1. The van der Waals surface area contributed by atoms with E-state index in [0.29, 0.717) is 11.5 Å². The number of aryl methyl sites for hydroxylation is 1. The fraction of sp³-hybridized carbons (Fsp3) is 0.652. The normalized spacial score (nSPS) is 16.3. The predicted octanol–water partition coefficient (Wildman–Crippen LogP) is 4.98. The second kappa shape index (κ2) is 9.99. The summed E-state index contributed by atoms with van der Waals surface area (Å²) in [5, 5.41) is 0. The van der Waals surface area contributed by atoms with Gasteiger partial charge < -0.3 is 19.1 Å². The first-order chi connectivity index (χ1) is 13.6. The van der Waals surface area contributed by atoms with Crippen LogP contribution >= 0.6 is 0 Å². The van der Waals surface area contributed by atoms with Crippen molar-refractivity contribution in [2.45, 2.75) is 72.0 Å². The van der Waals surface area contributed by atoms with E-state index in [0.717, 1.165) is 50.1 Å². The number of ether oxygens (including phenoxy) is 3. The zero-order valence-electron chi connectivity index (χ0n) is 18.6. The molecule has 1 fully saturated rings. The van der Waals surface area contributed by atoms with Gasteiger partial charge in [0, 0.05) is 13.1 Å². The van der Waals surface area contributed by atoms with Gasteiger partial charge in [-0.3, -0.25) is 0 Å². The monoisotopic (exact) mass is 405 g/mol. The summed E-state index contributed by atoms with van der Waals surface area (Å²) in [6, 6.07) is 5.44. The third kappa shape index (κ3) is 7.26. The van der Waals surface area contributed by atoms with E-state index in [2.05, 4.69) is 6.92 Å². The minimum Gasteiger partial charge on any atom is -0.491 e. The van der Waals surface area contributed by atoms with Gasteiger partial charge in [0.15, 0.2) is 0 Å². The molecule has 6 heteroatoms. The molecule has 29 heavy (non-hydrogen) atoms. The van der Waals surface area contributed by atoms with E-state index in [-0.39, 0.29) is 18.2 Å². The highest BCUT2D eigenvalue weighted by Gasteiger charge is 2.27. The van der Waals surface area contributed by atoms with Crippen molar-refractivity contribution in [2.75, 3.05) is 20.2 Å². The van der Waals surface area contributed by atoms with Gasteiger partial charge in [-0.1, -0.05) is 0 Å². The maximum Gasteiger partial charge on any atom is 0.410 e. The maximum absolute atomic E-state index is 12.2. The molecule has 162 valence electrons. The second-order valence-electron chi connectivity index (χ2n) is 8.88. The lowest BCUT2D eigenvalue weighted by Crippen LogP contribution is -2.41. The number of piperidine rings is 1. The van der Waals surface area contributed by atoms with Crippen molar-refractivity contribution in [3.8, 4) is 5.75 Å². The fourth-order valence-corrected chi connectivity index (χ4v) is 3.54. The third-order valence-corrected chi connectivity index (χ3v) is 5.19. The SMILES string of the molecule is COC(=O)c1ccc(O[C@H](C)CCC2CCN(C(=O)OC(C)(C)C)CC2)cc1C. The summed E-state index contributed by atoms with van der Waals surface area (Å²) in [6.45, 7) is 11.1. The van der Waals surface area contributed by atoms with Crippen LogP contribution in [0.25, 0.3) is 0 Å². The molecule has 1 atom stereocenters. The molecule has 1 saturated heterocycles. The topological polar surface area (TPSA) is 65.1 Å². The van der Waals surface area contributed by atoms with Crippen LogP contribution in [0.3, 0.4) is 0 Å². The number of rotatable bonds is 6. The quantitative estimate of drug-likeness (QED) is 0.625. The summed E-state index contributed by atoms with van der Waals surface area (Å²) >= 11 is 0. The Morgan fingerprint density at radius 2 is 1.86 bits per heavy atom. The molecule has 1 aromatic carbocycles. The van der Waals surface area contributed by atoms with Gasteiger partial charge in [-0.15, -0.1) is 0 Å². The summed E-state index contributed by atoms with van der Waals surface area (Å²) in [5.74, 6) is 1.03. The number of esters is 1. The van der Waals surface area contributed by atoms with Crippen LogP contribution in [0.5, 0.6) is 5.75 Å². The molecule has 1 heterocycles. The smallest absolute Gasteiger partial charge is 0.410 e. The highest BCUT2D eigenvalue weighted by Crippen LogP contribution is 2.26. The van der Waals surface area contributed by atoms with Crippen molar-refractivity contribution in [1.29, 1.82) is 0 Å². The second-order valence-corrected chi connectivity index (χ2v) is 8.88. The zero-order chi connectivity index (χ0) is 21.6. The van der Waals surface area contributed by atoms with Crippen LogP contribution in [0.4, 0.5) is 4.79 Å². The van der Waals surface area contributed by atoms with Crippen molar-refractivity contribution in [1.82, 2.24) is 4.90 Å². The number of amides is 1. The highest BCUT2D eigenvalue weighted by atomic mass is 16.6. The Balaban J connectivity index is 1.75. The first-order valence-corrected chi connectivity index (χ1v) is 10.4. The maximum atomic E-state index is 12.2. The Bertz CT molecular complexity index is 702. The Hall–Kier alpha value is -2.24. The van der Waals surface area contributed by atoms with Crippen molar-refractivity contribution >= 4 is 12.1 Å². The summed E-state index contributed by atoms with van der Waals surface area (Å²) in [7, 11) is 1.38. The number of carbonyl (C=O) groups is 2. The summed E-state index contributed by atoms with van der Waals surface area (Å²) in [5.41, 5.74) is 0.953. The van der Waals surface area contributed by atoms with Gasteiger partial charge in [-0.2, -0.15) is 0 Å². The first-order valence-electron chi connectivity index (χ1n) is 10.4. The molecule has 0 aromatic heterocycles. The minimum absolute atomic E-state index is 0.0854. The van der Waals surface area contributed by atoms with Gasteiger partial charge in [0.1, 0.15) is 11.4 Å². The average Bonchev–Trinajstić information content (AvgIpc) is 2.65. The van der Waals surface area contributed by atoms with E-state index in [1.807, 2.05) is 44.7 Å². The molecule has 0 N–H and O–H groups in total. The van der Waals surface area contributed by atoms with Crippen molar-refractivity contribution in [2.24, 2.45) is 5.92 Å². The van der Waals surface area contributed by atoms with E-state index < -0.39 is 5.60 Å². The van der Waals surface area contributed by atoms with Gasteiger partial charge >= 0.3 is 12.1 Å². The van der Waals surface area contributed by atoms with Crippen molar-refractivity contribution in [3.05, 3.63) is 29.3 Å². The molecule has 0 radical (unpaired) electrons. The number of nitrogens with zero attached hydrogens (tertiary/aromatic N) is 1. The fourth-order valence-electron chi connectivity index (χ4n) is 3.54. The molecule has 0 aliphatic carbocycles. The molecule has 1 aromatic rings. The van der Waals surface area contributed by atoms with Crippen LogP contribution in [-0.2, 0) is 9.47 Å². The van der Waals surface area contributed by atoms with E-state index in [1.54, 1.807) is 6.07 Å². The van der Waals surface area contributed by atoms with Gasteiger partial charge in [-0.25, -0.2) is 9.59 Å². The van der Waals surface area contributed by atoms with Crippen molar-refractivity contribution in [3.63, 3.8) is 0 Å². The molecular formula is C23H35NO5. The molecule has 0 bridgehead atoms. The zero-order valence-corrected chi connectivity index (χ0v) is 18.6. The summed E-state index contributed by atoms with van der Waals surface area (Å²) in [6.07, 6.45) is 3.90. The Kier molecular flexibility index (Phi) is 7.94. The summed E-state index contributed by atoms with van der Waals surface area (Å²) in [4.78, 5) is 25.7.